The Morgan fingerprint density at radius 2 is 1.00 bits per heavy atom. The second kappa shape index (κ2) is 7.61. The van der Waals surface area contributed by atoms with Crippen molar-refractivity contribution in [3.63, 3.8) is 0 Å². The molecule has 0 unspecified atom stereocenters. The normalized spacial score (nSPS) is 12.1. The van der Waals surface area contributed by atoms with Crippen LogP contribution in [0.25, 0.3) is 0 Å². The molecule has 128 valence electrons. The van der Waals surface area contributed by atoms with Gasteiger partial charge in [-0.25, -0.2) is 0 Å². The van der Waals surface area contributed by atoms with Crippen molar-refractivity contribution in [2.75, 3.05) is 6.61 Å². The predicted octanol–water partition coefficient (Wildman–Crippen LogP) is 4.25. The Kier molecular flexibility index (Phi) is 5.48. The van der Waals surface area contributed by atoms with Crippen molar-refractivity contribution >= 4 is 18.5 Å². The van der Waals surface area contributed by atoms with Crippen molar-refractivity contribution in [3.05, 3.63) is 108 Å². The zero-order chi connectivity index (χ0) is 17.8. The highest BCUT2D eigenvalue weighted by atomic mass is 32.5. The number of hydrogen-bond acceptors (Lipinski definition) is 2. The van der Waals surface area contributed by atoms with E-state index in [0.717, 1.165) is 16.7 Å². The van der Waals surface area contributed by atoms with Crippen LogP contribution in [0.4, 0.5) is 0 Å². The summed E-state index contributed by atoms with van der Waals surface area (Å²) in [5, 5.41) is 0. The largest absolute Gasteiger partial charge is 0.325 e. The van der Waals surface area contributed by atoms with Crippen LogP contribution in [0.5, 0.6) is 0 Å². The molecule has 0 bridgehead atoms. The molecule has 0 atom stereocenters. The van der Waals surface area contributed by atoms with Crippen LogP contribution in [0, 0.1) is 0 Å². The number of rotatable bonds is 6. The van der Waals surface area contributed by atoms with Crippen LogP contribution in [-0.4, -0.2) is 16.4 Å². The maximum absolute atomic E-state index is 9.68. The van der Waals surface area contributed by atoms with Gasteiger partial charge in [-0.1, -0.05) is 91.0 Å². The summed E-state index contributed by atoms with van der Waals surface area (Å²) < 4.78 is 5.40. The Labute approximate surface area is 152 Å². The minimum atomic E-state index is -3.79. The Hall–Kier alpha value is -1.81. The molecule has 0 aliphatic heterocycles. The lowest BCUT2D eigenvalue weighted by molar-refractivity contribution is 0.219. The van der Waals surface area contributed by atoms with E-state index in [2.05, 4.69) is 0 Å². The van der Waals surface area contributed by atoms with Crippen molar-refractivity contribution in [2.45, 2.75) is 5.41 Å². The van der Waals surface area contributed by atoms with Gasteiger partial charge in [0.05, 0.1) is 12.0 Å². The zero-order valence-corrected chi connectivity index (χ0v) is 15.2. The Balaban J connectivity index is 2.25. The molecule has 0 aliphatic carbocycles. The summed E-state index contributed by atoms with van der Waals surface area (Å²) in [6, 6.07) is 29.7. The molecule has 2 N–H and O–H groups in total. The monoisotopic (exact) mass is 370 g/mol. The average Bonchev–Trinajstić information content (AvgIpc) is 2.64. The molecule has 3 aromatic carbocycles. The average molecular weight is 370 g/mol. The molecule has 3 rings (SSSR count). The summed E-state index contributed by atoms with van der Waals surface area (Å²) in [5.74, 6) is 0. The van der Waals surface area contributed by atoms with Gasteiger partial charge in [-0.05, 0) is 28.5 Å². The molecule has 0 aromatic heterocycles. The lowest BCUT2D eigenvalue weighted by Crippen LogP contribution is -2.34. The van der Waals surface area contributed by atoms with E-state index in [0.29, 0.717) is 0 Å². The molecule has 5 heteroatoms. The van der Waals surface area contributed by atoms with E-state index in [1.165, 1.54) is 0 Å². The maximum atomic E-state index is 9.68. The third-order valence-electron chi connectivity index (χ3n) is 4.25. The number of benzene rings is 3. The lowest BCUT2D eigenvalue weighted by atomic mass is 9.70. The van der Waals surface area contributed by atoms with Gasteiger partial charge in [-0.3, -0.25) is 0 Å². The zero-order valence-electron chi connectivity index (χ0n) is 13.5. The fraction of sp³-hybridized carbons (Fsp3) is 0.100. The van der Waals surface area contributed by atoms with E-state index in [1.54, 1.807) is 0 Å². The van der Waals surface area contributed by atoms with Crippen LogP contribution in [0.2, 0.25) is 0 Å². The predicted molar refractivity (Wildman–Crippen MR) is 104 cm³/mol. The van der Waals surface area contributed by atoms with Crippen LogP contribution in [0.1, 0.15) is 16.7 Å². The van der Waals surface area contributed by atoms with E-state index < -0.39 is 12.1 Å². The molecule has 0 heterocycles. The third kappa shape index (κ3) is 4.06. The van der Waals surface area contributed by atoms with Gasteiger partial charge >= 0.3 is 6.72 Å². The smallest absolute Gasteiger partial charge is 0.321 e. The molecular weight excluding hydrogens is 351 g/mol. The van der Waals surface area contributed by atoms with Crippen LogP contribution in [-0.2, 0) is 21.7 Å². The van der Waals surface area contributed by atoms with Crippen LogP contribution < -0.4 is 0 Å². The SMILES string of the molecule is OP(O)(=S)OCC(c1ccccc1)(c1ccccc1)c1ccccc1. The van der Waals surface area contributed by atoms with Gasteiger partial charge in [-0.15, -0.1) is 0 Å². The molecule has 0 aliphatic rings. The Morgan fingerprint density at radius 1 is 0.680 bits per heavy atom. The first-order valence-electron chi connectivity index (χ1n) is 7.89. The number of hydrogen-bond donors (Lipinski definition) is 2. The van der Waals surface area contributed by atoms with Crippen molar-refractivity contribution in [2.24, 2.45) is 0 Å². The molecule has 0 amide bonds. The van der Waals surface area contributed by atoms with Gasteiger partial charge in [0.25, 0.3) is 0 Å². The second-order valence-electron chi connectivity index (χ2n) is 5.77. The quantitative estimate of drug-likeness (QED) is 0.503. The summed E-state index contributed by atoms with van der Waals surface area (Å²) >= 11 is 4.70. The minimum absolute atomic E-state index is 0.0370. The first-order valence-corrected chi connectivity index (χ1v) is 10.5. The topological polar surface area (TPSA) is 49.7 Å². The fourth-order valence-electron chi connectivity index (χ4n) is 3.10. The van der Waals surface area contributed by atoms with E-state index in [4.69, 9.17) is 16.3 Å². The van der Waals surface area contributed by atoms with Gasteiger partial charge in [0.1, 0.15) is 0 Å². The van der Waals surface area contributed by atoms with Crippen LogP contribution in [0.15, 0.2) is 91.0 Å². The molecular formula is C20H19O3PS. The minimum Gasteiger partial charge on any atom is -0.325 e. The molecule has 3 nitrogen and oxygen atoms in total. The van der Waals surface area contributed by atoms with E-state index >= 15 is 0 Å². The summed E-state index contributed by atoms with van der Waals surface area (Å²) in [5.41, 5.74) is 2.29. The molecule has 0 fully saturated rings. The van der Waals surface area contributed by atoms with Gasteiger partial charge in [0, 0.05) is 0 Å². The van der Waals surface area contributed by atoms with Crippen molar-refractivity contribution in [1.82, 2.24) is 0 Å². The van der Waals surface area contributed by atoms with Crippen molar-refractivity contribution < 1.29 is 14.3 Å². The van der Waals surface area contributed by atoms with E-state index in [1.807, 2.05) is 91.0 Å². The van der Waals surface area contributed by atoms with Gasteiger partial charge in [-0.2, -0.15) is 0 Å². The molecule has 0 spiro atoms. The lowest BCUT2D eigenvalue weighted by Gasteiger charge is -2.36. The third-order valence-corrected chi connectivity index (χ3v) is 5.03. The van der Waals surface area contributed by atoms with Gasteiger partial charge in [0.15, 0.2) is 0 Å². The summed E-state index contributed by atoms with van der Waals surface area (Å²) in [6.45, 7) is -3.75. The Morgan fingerprint density at radius 3 is 1.28 bits per heavy atom. The van der Waals surface area contributed by atoms with Crippen LogP contribution >= 0.6 is 6.72 Å². The molecule has 25 heavy (non-hydrogen) atoms. The highest BCUT2D eigenvalue weighted by Crippen LogP contribution is 2.45. The summed E-state index contributed by atoms with van der Waals surface area (Å²) in [6.07, 6.45) is 0. The first kappa shape index (κ1) is 18.0. The van der Waals surface area contributed by atoms with Gasteiger partial charge < -0.3 is 14.3 Å². The fourth-order valence-corrected chi connectivity index (χ4v) is 3.62. The first-order chi connectivity index (χ1) is 12.0. The summed E-state index contributed by atoms with van der Waals surface area (Å²) in [4.78, 5) is 19.4. The molecule has 3 aromatic rings. The van der Waals surface area contributed by atoms with E-state index in [9.17, 15) is 9.79 Å². The van der Waals surface area contributed by atoms with Crippen molar-refractivity contribution in [1.29, 1.82) is 0 Å². The van der Waals surface area contributed by atoms with Crippen molar-refractivity contribution in [3.8, 4) is 0 Å². The highest BCUT2D eigenvalue weighted by molar-refractivity contribution is 8.06. The molecule has 0 saturated carbocycles. The maximum Gasteiger partial charge on any atom is 0.321 e. The highest BCUT2D eigenvalue weighted by Gasteiger charge is 2.38. The standard InChI is InChI=1S/C20H19O3PS/c21-24(22,25)23-16-20(17-10-4-1-5-11-17,18-12-6-2-7-13-18)19-14-8-3-9-15-19/h1-15H,16H2,(H2,21,22,25). The molecule has 0 radical (unpaired) electrons. The Bertz CT molecular complexity index is 751. The summed E-state index contributed by atoms with van der Waals surface area (Å²) in [7, 11) is 0. The van der Waals surface area contributed by atoms with E-state index in [-0.39, 0.29) is 6.61 Å². The van der Waals surface area contributed by atoms with Gasteiger partial charge in [0.2, 0.25) is 0 Å². The van der Waals surface area contributed by atoms with Crippen LogP contribution in [0.3, 0.4) is 0 Å². The second-order valence-corrected chi connectivity index (χ2v) is 8.43. The molecule has 0 saturated heterocycles.